The highest BCUT2D eigenvalue weighted by atomic mass is 35.5. The quantitative estimate of drug-likeness (QED) is 0.297. The van der Waals surface area contributed by atoms with Crippen LogP contribution in [0.2, 0.25) is 5.02 Å². The van der Waals surface area contributed by atoms with E-state index in [1.54, 1.807) is 30.7 Å². The molecule has 1 aromatic carbocycles. The second-order valence-corrected chi connectivity index (χ2v) is 10.2. The van der Waals surface area contributed by atoms with Crippen molar-refractivity contribution in [3.8, 4) is 11.5 Å². The normalized spacial score (nSPS) is 14.2. The molecule has 0 saturated carbocycles. The van der Waals surface area contributed by atoms with Gasteiger partial charge in [0, 0.05) is 47.7 Å². The van der Waals surface area contributed by atoms with Gasteiger partial charge in [-0.15, -0.1) is 11.3 Å². The lowest BCUT2D eigenvalue weighted by Gasteiger charge is -2.30. The summed E-state index contributed by atoms with van der Waals surface area (Å²) in [5, 5.41) is 7.37. The number of likely N-dealkylation sites (tertiary alicyclic amines) is 1. The Balaban J connectivity index is 1.19. The van der Waals surface area contributed by atoms with Crippen molar-refractivity contribution in [3.63, 3.8) is 0 Å². The lowest BCUT2D eigenvalue weighted by Crippen LogP contribution is -2.38. The first-order valence-corrected chi connectivity index (χ1v) is 13.3. The molecule has 0 atom stereocenters. The number of benzene rings is 1. The second kappa shape index (κ2) is 10.9. The summed E-state index contributed by atoms with van der Waals surface area (Å²) in [5.41, 5.74) is 3.20. The minimum absolute atomic E-state index is 0.0428. The summed E-state index contributed by atoms with van der Waals surface area (Å²) in [6.07, 6.45) is 3.35. The van der Waals surface area contributed by atoms with Gasteiger partial charge in [-0.2, -0.15) is 0 Å². The monoisotopic (exact) mass is 539 g/mol. The van der Waals surface area contributed by atoms with E-state index >= 15 is 0 Å². The number of carbonyl (C=O) groups excluding carboxylic acids is 2. The van der Waals surface area contributed by atoms with E-state index in [1.165, 1.54) is 0 Å². The zero-order valence-corrected chi connectivity index (χ0v) is 22.1. The third kappa shape index (κ3) is 5.45. The molecule has 1 saturated heterocycles. The fourth-order valence-electron chi connectivity index (χ4n) is 4.36. The van der Waals surface area contributed by atoms with Crippen molar-refractivity contribution in [2.75, 3.05) is 19.7 Å². The number of imidazole rings is 1. The first kappa shape index (κ1) is 25.2. The molecule has 0 N–H and O–H groups in total. The summed E-state index contributed by atoms with van der Waals surface area (Å²) in [4.78, 5) is 36.1. The molecular weight excluding hydrogens is 514 g/mol. The van der Waals surface area contributed by atoms with Crippen molar-refractivity contribution in [2.24, 2.45) is 0 Å². The minimum Gasteiger partial charge on any atom is -0.461 e. The van der Waals surface area contributed by atoms with Gasteiger partial charge in [0.1, 0.15) is 11.4 Å². The van der Waals surface area contributed by atoms with E-state index in [-0.39, 0.29) is 24.1 Å². The number of nitrogens with zero attached hydrogens (tertiary/aromatic N) is 5. The number of carbonyl (C=O) groups is 2. The molecule has 0 unspecified atom stereocenters. The number of rotatable bonds is 7. The lowest BCUT2D eigenvalue weighted by atomic mass is 9.97. The van der Waals surface area contributed by atoms with Crippen molar-refractivity contribution in [2.45, 2.75) is 39.2 Å². The maximum Gasteiger partial charge on any atom is 0.360 e. The Kier molecular flexibility index (Phi) is 7.38. The molecule has 3 aromatic heterocycles. The zero-order valence-electron chi connectivity index (χ0n) is 20.5. The van der Waals surface area contributed by atoms with Gasteiger partial charge in [-0.05, 0) is 44.4 Å². The summed E-state index contributed by atoms with van der Waals surface area (Å²) < 4.78 is 12.2. The minimum atomic E-state index is -0.518. The van der Waals surface area contributed by atoms with E-state index in [2.05, 4.69) is 10.1 Å². The van der Waals surface area contributed by atoms with Gasteiger partial charge >= 0.3 is 5.97 Å². The molecule has 0 bridgehead atoms. The van der Waals surface area contributed by atoms with Gasteiger partial charge in [-0.1, -0.05) is 28.9 Å². The Morgan fingerprint density at radius 3 is 2.70 bits per heavy atom. The molecular formula is C26H26ClN5O4S. The topological polar surface area (TPSA) is 103 Å². The van der Waals surface area contributed by atoms with Crippen LogP contribution < -0.4 is 0 Å². The second-order valence-electron chi connectivity index (χ2n) is 8.87. The molecule has 11 heteroatoms. The van der Waals surface area contributed by atoms with Crippen LogP contribution in [0.15, 0.2) is 46.6 Å². The first-order valence-electron chi connectivity index (χ1n) is 12.1. The van der Waals surface area contributed by atoms with Crippen LogP contribution in [0.3, 0.4) is 0 Å². The number of hydrogen-bond acceptors (Lipinski definition) is 8. The molecule has 0 spiro atoms. The SMILES string of the molecule is CCOC(=O)c1cc(-c2csc(C3CCN(C(=O)c4ncn(Cc5ccc(Cl)cc5)c4C)CC3)n2)on1. The van der Waals surface area contributed by atoms with E-state index in [0.29, 0.717) is 41.8 Å². The zero-order chi connectivity index (χ0) is 25.9. The Morgan fingerprint density at radius 1 is 1.22 bits per heavy atom. The summed E-state index contributed by atoms with van der Waals surface area (Å²) in [6.45, 7) is 5.84. The number of esters is 1. The molecule has 5 rings (SSSR count). The van der Waals surface area contributed by atoms with Crippen LogP contribution >= 0.6 is 22.9 Å². The molecule has 1 amide bonds. The molecule has 0 radical (unpaired) electrons. The van der Waals surface area contributed by atoms with Crippen molar-refractivity contribution in [1.82, 2.24) is 24.6 Å². The molecule has 1 aliphatic heterocycles. The number of ether oxygens (including phenoxy) is 1. The summed E-state index contributed by atoms with van der Waals surface area (Å²) in [7, 11) is 0. The van der Waals surface area contributed by atoms with Crippen LogP contribution in [0.4, 0.5) is 0 Å². The van der Waals surface area contributed by atoms with Crippen molar-refractivity contribution in [3.05, 3.63) is 74.7 Å². The number of piperidine rings is 1. The predicted molar refractivity (Wildman–Crippen MR) is 139 cm³/mol. The van der Waals surface area contributed by atoms with Crippen molar-refractivity contribution >= 4 is 34.8 Å². The summed E-state index contributed by atoms with van der Waals surface area (Å²) in [6, 6.07) is 9.21. The van der Waals surface area contributed by atoms with E-state index in [1.807, 2.05) is 46.0 Å². The maximum atomic E-state index is 13.2. The van der Waals surface area contributed by atoms with E-state index in [9.17, 15) is 9.59 Å². The number of halogens is 1. The smallest absolute Gasteiger partial charge is 0.360 e. The molecule has 4 aromatic rings. The largest absolute Gasteiger partial charge is 0.461 e. The van der Waals surface area contributed by atoms with Crippen LogP contribution in [-0.4, -0.2) is 56.2 Å². The average molecular weight is 540 g/mol. The summed E-state index contributed by atoms with van der Waals surface area (Å²) in [5.74, 6) is 0.121. The van der Waals surface area contributed by atoms with Crippen LogP contribution in [-0.2, 0) is 11.3 Å². The molecule has 1 fully saturated rings. The van der Waals surface area contributed by atoms with Crippen LogP contribution in [0.5, 0.6) is 0 Å². The van der Waals surface area contributed by atoms with Gasteiger partial charge in [0.05, 0.1) is 17.9 Å². The Bertz CT molecular complexity index is 1400. The van der Waals surface area contributed by atoms with Gasteiger partial charge < -0.3 is 18.7 Å². The molecule has 0 aliphatic carbocycles. The third-order valence-corrected chi connectivity index (χ3v) is 7.73. The third-order valence-electron chi connectivity index (χ3n) is 6.47. The predicted octanol–water partition coefficient (Wildman–Crippen LogP) is 5.20. The highest BCUT2D eigenvalue weighted by Crippen LogP contribution is 2.33. The van der Waals surface area contributed by atoms with Crippen molar-refractivity contribution in [1.29, 1.82) is 0 Å². The average Bonchev–Trinajstić information content (AvgIpc) is 3.66. The molecule has 9 nitrogen and oxygen atoms in total. The molecule has 1 aliphatic rings. The fraction of sp³-hybridized carbons (Fsp3) is 0.346. The number of aromatic nitrogens is 4. The lowest BCUT2D eigenvalue weighted by molar-refractivity contribution is 0.0514. The highest BCUT2D eigenvalue weighted by Gasteiger charge is 2.29. The summed E-state index contributed by atoms with van der Waals surface area (Å²) >= 11 is 7.53. The van der Waals surface area contributed by atoms with Gasteiger partial charge in [0.15, 0.2) is 11.5 Å². The fourth-order valence-corrected chi connectivity index (χ4v) is 5.47. The highest BCUT2D eigenvalue weighted by molar-refractivity contribution is 7.10. The van der Waals surface area contributed by atoms with Crippen LogP contribution in [0.1, 0.15) is 62.9 Å². The van der Waals surface area contributed by atoms with E-state index < -0.39 is 5.97 Å². The standard InChI is InChI=1S/C26H26ClN5O4S/c1-3-35-26(34)20-12-22(36-30-20)21-14-37-24(29-21)18-8-10-31(11-9-18)25(33)23-16(2)32(15-28-23)13-17-4-6-19(27)7-5-17/h4-7,12,14-15,18H,3,8-11,13H2,1-2H3. The van der Waals surface area contributed by atoms with E-state index in [4.69, 9.17) is 25.8 Å². The Labute approximate surface area is 223 Å². The van der Waals surface area contributed by atoms with Crippen LogP contribution in [0.25, 0.3) is 11.5 Å². The van der Waals surface area contributed by atoms with Gasteiger partial charge in [-0.3, -0.25) is 4.79 Å². The number of thiazole rings is 1. The Hall–Kier alpha value is -3.50. The molecule has 37 heavy (non-hydrogen) atoms. The van der Waals surface area contributed by atoms with Gasteiger partial charge in [0.25, 0.3) is 5.91 Å². The molecule has 192 valence electrons. The molecule has 4 heterocycles. The van der Waals surface area contributed by atoms with E-state index in [0.717, 1.165) is 29.1 Å². The first-order chi connectivity index (χ1) is 17.9. The van der Waals surface area contributed by atoms with Gasteiger partial charge in [-0.25, -0.2) is 14.8 Å². The number of amides is 1. The number of hydrogen-bond donors (Lipinski definition) is 0. The van der Waals surface area contributed by atoms with Crippen molar-refractivity contribution < 1.29 is 18.8 Å². The Morgan fingerprint density at radius 2 is 1.97 bits per heavy atom. The maximum absolute atomic E-state index is 13.2. The van der Waals surface area contributed by atoms with Gasteiger partial charge in [0.2, 0.25) is 0 Å². The van der Waals surface area contributed by atoms with Crippen LogP contribution in [0, 0.1) is 6.92 Å².